The molecule has 3 nitrogen and oxygen atoms in total. The van der Waals surface area contributed by atoms with E-state index in [0.29, 0.717) is 28.0 Å². The zero-order chi connectivity index (χ0) is 54.2. The molecule has 0 bridgehead atoms. The van der Waals surface area contributed by atoms with Crippen LogP contribution in [0, 0.1) is 50.4 Å². The van der Waals surface area contributed by atoms with E-state index in [1.807, 2.05) is 69.3 Å². The van der Waals surface area contributed by atoms with Crippen molar-refractivity contribution in [2.45, 2.75) is 108 Å². The third-order valence-electron chi connectivity index (χ3n) is 9.89. The molecule has 0 saturated heterocycles. The molecular formula is C56H60IrN2O-2. The van der Waals surface area contributed by atoms with E-state index in [1.54, 1.807) is 65.8 Å². The molecule has 0 amide bonds. The quantitative estimate of drug-likeness (QED) is 0.161. The van der Waals surface area contributed by atoms with Crippen molar-refractivity contribution < 1.29 is 43.7 Å². The number of rotatable bonds is 5. The van der Waals surface area contributed by atoms with E-state index in [2.05, 4.69) is 28.2 Å². The Balaban J connectivity index is 0.000000256. The fourth-order valence-electron chi connectivity index (χ4n) is 7.01. The number of furan rings is 1. The maximum atomic E-state index is 9.09. The first-order chi connectivity index (χ1) is 33.5. The number of hydrogen-bond acceptors (Lipinski definition) is 3. The third-order valence-corrected chi connectivity index (χ3v) is 9.89. The third kappa shape index (κ3) is 9.83. The zero-order valence-electron chi connectivity index (χ0n) is 49.7. The van der Waals surface area contributed by atoms with Gasteiger partial charge < -0.3 is 14.4 Å². The molecule has 0 spiro atoms. The minimum atomic E-state index is -2.58. The van der Waals surface area contributed by atoms with Gasteiger partial charge in [0, 0.05) is 62.5 Å². The molecule has 5 aromatic carbocycles. The monoisotopic (exact) mass is 984 g/mol. The Morgan fingerprint density at radius 1 is 0.617 bits per heavy atom. The van der Waals surface area contributed by atoms with Gasteiger partial charge in [0.1, 0.15) is 5.58 Å². The number of fused-ring (bicyclic) bond motifs is 5. The standard InChI is InChI=1S/C33H44N.C23H16NO.Ir/c1-22-12-13-24(17-29(22)28-15-14-27(16-23(28)2)33(9,10)11)30-18-25(19-31(3,4)5)26(21-34-30)20-32(6,7)8;1-14-12-21(24-13-15(14)2)20-9-5-8-18-19-11-10-16-6-3-4-7-17(16)22(19)25-23(18)20;/h12,14-18,21H,19-20H2,1-11H3;3-8,10-13H,1-2H3;/q2*-1;/i1D3,2D3,19D2,20D2;1D,2D3;. The largest absolute Gasteiger partial charge is 0.500 e. The summed E-state index contributed by atoms with van der Waals surface area (Å²) in [6.45, 7) is 8.86. The fraction of sp³-hybridized carbons (Fsp3) is 0.321. The number of nitrogens with zero attached hydrogens (tertiary/aromatic N) is 2. The average Bonchev–Trinajstić information content (AvgIpc) is 3.69. The van der Waals surface area contributed by atoms with Gasteiger partial charge in [0.15, 0.2) is 0 Å². The van der Waals surface area contributed by atoms with Crippen LogP contribution in [0.2, 0.25) is 0 Å². The molecule has 8 aromatic rings. The summed E-state index contributed by atoms with van der Waals surface area (Å²) in [6.07, 6.45) is -1.21. The predicted molar refractivity (Wildman–Crippen MR) is 251 cm³/mol. The molecule has 3 heterocycles. The Bertz CT molecular complexity index is 3370. The van der Waals surface area contributed by atoms with Crippen LogP contribution in [0.4, 0.5) is 0 Å². The molecule has 0 saturated carbocycles. The van der Waals surface area contributed by atoms with Crippen molar-refractivity contribution in [1.82, 2.24) is 9.97 Å². The van der Waals surface area contributed by atoms with Crippen molar-refractivity contribution in [2.24, 2.45) is 10.8 Å². The molecule has 3 aromatic heterocycles. The SMILES string of the molecule is [2H]C([2H])([2H])c1c[c-]c(-c2cc(C([2H])([2H])C(C)(C)C)c(C([2H])([2H])C(C)(C)C)cn2)cc1-c1ccc(C(C)(C)C)cc1C([2H])([2H])[2H].[2H]Cc1cc(-c2[c-]ccc3c2oc2c4ccccc4ccc32)ncc1C([2H])([2H])[2H].[Ir]. The second-order valence-corrected chi connectivity index (χ2v) is 18.1. The number of benzene rings is 5. The zero-order valence-corrected chi connectivity index (χ0v) is 38.1. The first-order valence-electron chi connectivity index (χ1n) is 27.0. The normalized spacial score (nSPS) is 16.6. The van der Waals surface area contributed by atoms with E-state index in [0.717, 1.165) is 32.7 Å². The van der Waals surface area contributed by atoms with E-state index >= 15 is 0 Å². The minimum absolute atomic E-state index is 0. The number of aryl methyl sites for hydroxylation is 4. The number of pyridine rings is 2. The first-order valence-corrected chi connectivity index (χ1v) is 19.7. The van der Waals surface area contributed by atoms with Crippen LogP contribution in [0.25, 0.3) is 66.4 Å². The molecule has 4 heteroatoms. The Morgan fingerprint density at radius 2 is 1.33 bits per heavy atom. The topological polar surface area (TPSA) is 38.9 Å². The Morgan fingerprint density at radius 3 is 2.05 bits per heavy atom. The number of hydrogen-bond donors (Lipinski definition) is 0. The van der Waals surface area contributed by atoms with Gasteiger partial charge in [0.05, 0.1) is 5.58 Å². The average molecular weight is 983 g/mol. The van der Waals surface area contributed by atoms with Crippen LogP contribution in [-0.4, -0.2) is 9.97 Å². The molecule has 0 aliphatic heterocycles. The maximum Gasteiger partial charge on any atom is 0.128 e. The summed E-state index contributed by atoms with van der Waals surface area (Å²) in [7, 11) is 0. The molecule has 0 N–H and O–H groups in total. The molecule has 0 aliphatic rings. The van der Waals surface area contributed by atoms with E-state index < -0.39 is 44.1 Å². The van der Waals surface area contributed by atoms with E-state index in [1.165, 1.54) is 24.5 Å². The van der Waals surface area contributed by atoms with E-state index in [9.17, 15) is 0 Å². The molecule has 60 heavy (non-hydrogen) atoms. The van der Waals surface area contributed by atoms with Crippen LogP contribution in [-0.2, 0) is 38.3 Å². The van der Waals surface area contributed by atoms with Crippen molar-refractivity contribution in [1.29, 1.82) is 0 Å². The van der Waals surface area contributed by atoms with Gasteiger partial charge in [-0.3, -0.25) is 0 Å². The minimum Gasteiger partial charge on any atom is -0.500 e. The van der Waals surface area contributed by atoms with Crippen LogP contribution in [0.3, 0.4) is 0 Å². The smallest absolute Gasteiger partial charge is 0.128 e. The summed E-state index contributed by atoms with van der Waals surface area (Å²) in [5, 5.41) is 4.09. The molecule has 311 valence electrons. The maximum absolute atomic E-state index is 9.09. The van der Waals surface area contributed by atoms with Crippen molar-refractivity contribution in [2.75, 3.05) is 0 Å². The van der Waals surface area contributed by atoms with Gasteiger partial charge in [-0.25, -0.2) is 0 Å². The fourth-order valence-corrected chi connectivity index (χ4v) is 7.01. The summed E-state index contributed by atoms with van der Waals surface area (Å²) >= 11 is 0. The van der Waals surface area contributed by atoms with Gasteiger partial charge in [-0.15, -0.1) is 47.5 Å². The Hall–Kier alpha value is -4.89. The first kappa shape index (κ1) is 29.4. The van der Waals surface area contributed by atoms with Crippen molar-refractivity contribution >= 4 is 32.7 Å². The van der Waals surface area contributed by atoms with Gasteiger partial charge in [-0.2, -0.15) is 0 Å². The molecule has 0 aliphatic carbocycles. The predicted octanol–water partition coefficient (Wildman–Crippen LogP) is 15.5. The molecule has 0 atom stereocenters. The summed E-state index contributed by atoms with van der Waals surface area (Å²) in [5.74, 6) is 0. The van der Waals surface area contributed by atoms with Gasteiger partial charge in [0.25, 0.3) is 0 Å². The summed E-state index contributed by atoms with van der Waals surface area (Å²) < 4.78 is 123. The van der Waals surface area contributed by atoms with Crippen molar-refractivity contribution in [3.8, 4) is 33.6 Å². The molecule has 1 radical (unpaired) electrons. The van der Waals surface area contributed by atoms with Crippen LogP contribution < -0.4 is 0 Å². The molecule has 0 unspecified atom stereocenters. The molecule has 0 fully saturated rings. The van der Waals surface area contributed by atoms with E-state index in [4.69, 9.17) is 23.6 Å². The van der Waals surface area contributed by atoms with Crippen molar-refractivity contribution in [3.63, 3.8) is 0 Å². The molecular weight excluding hydrogens is 909 g/mol. The summed E-state index contributed by atoms with van der Waals surface area (Å²) in [6, 6.07) is 33.2. The molecule has 8 rings (SSSR count). The summed E-state index contributed by atoms with van der Waals surface area (Å²) in [4.78, 5) is 8.91. The second kappa shape index (κ2) is 17.2. The Kier molecular flexibility index (Phi) is 8.44. The van der Waals surface area contributed by atoms with Gasteiger partial charge in [-0.1, -0.05) is 158 Å². The van der Waals surface area contributed by atoms with Crippen LogP contribution in [0.5, 0.6) is 0 Å². The van der Waals surface area contributed by atoms with Gasteiger partial charge in [-0.05, 0) is 99.7 Å². The van der Waals surface area contributed by atoms with Gasteiger partial charge in [0.2, 0.25) is 0 Å². The van der Waals surface area contributed by atoms with Gasteiger partial charge >= 0.3 is 0 Å². The van der Waals surface area contributed by atoms with Crippen LogP contribution >= 0.6 is 0 Å². The van der Waals surface area contributed by atoms with Crippen LogP contribution in [0.1, 0.15) is 120 Å². The Labute approximate surface area is 392 Å². The van der Waals surface area contributed by atoms with E-state index in [-0.39, 0.29) is 77.1 Å². The summed E-state index contributed by atoms with van der Waals surface area (Å²) in [5.41, 5.74) is 3.18. The number of aromatic nitrogens is 2. The van der Waals surface area contributed by atoms with Crippen LogP contribution in [0.15, 0.2) is 108 Å². The van der Waals surface area contributed by atoms with Crippen molar-refractivity contribution in [3.05, 3.63) is 154 Å². The second-order valence-electron chi connectivity index (χ2n) is 18.1.